The van der Waals surface area contributed by atoms with Gasteiger partial charge in [-0.25, -0.2) is 0 Å². The van der Waals surface area contributed by atoms with E-state index >= 15 is 0 Å². The molecule has 0 bridgehead atoms. The highest BCUT2D eigenvalue weighted by Crippen LogP contribution is 2.37. The lowest BCUT2D eigenvalue weighted by atomic mass is 9.89. The number of benzene rings is 1. The number of para-hydroxylation sites is 1. The first-order valence-corrected chi connectivity index (χ1v) is 6.40. The van der Waals surface area contributed by atoms with E-state index in [2.05, 4.69) is 0 Å². The Morgan fingerprint density at radius 1 is 1.30 bits per heavy atom. The Balaban J connectivity index is 2.09. The van der Waals surface area contributed by atoms with Crippen molar-refractivity contribution in [1.82, 2.24) is 0 Å². The number of ether oxygens (including phenoxy) is 2. The Kier molecular flexibility index (Phi) is 4.32. The maximum Gasteiger partial charge on any atom is 0.419 e. The van der Waals surface area contributed by atoms with E-state index in [0.717, 1.165) is 12.5 Å². The number of carbonyl (C=O) groups is 1. The van der Waals surface area contributed by atoms with Gasteiger partial charge in [0.15, 0.2) is 11.9 Å². The highest BCUT2D eigenvalue weighted by atomic mass is 19.4. The van der Waals surface area contributed by atoms with E-state index in [0.29, 0.717) is 6.61 Å². The summed E-state index contributed by atoms with van der Waals surface area (Å²) in [5.41, 5.74) is -0.839. The standard InChI is InChI=1S/C14H15F3O3/c1-2-7-19-13-10(18)8-12(13)20-11-6-4-3-5-9(11)14(15,16)17/h3-6,12-13H,2,7-8H2,1H3. The molecule has 1 aliphatic rings. The van der Waals surface area contributed by atoms with Gasteiger partial charge in [-0.15, -0.1) is 0 Å². The van der Waals surface area contributed by atoms with Crippen molar-refractivity contribution in [2.75, 3.05) is 6.61 Å². The van der Waals surface area contributed by atoms with Gasteiger partial charge < -0.3 is 9.47 Å². The van der Waals surface area contributed by atoms with Gasteiger partial charge in [0.05, 0.1) is 5.56 Å². The molecule has 20 heavy (non-hydrogen) atoms. The van der Waals surface area contributed by atoms with Crippen molar-refractivity contribution < 1.29 is 27.4 Å². The molecular weight excluding hydrogens is 273 g/mol. The molecule has 0 N–H and O–H groups in total. The van der Waals surface area contributed by atoms with Crippen molar-refractivity contribution in [3.63, 3.8) is 0 Å². The predicted molar refractivity (Wildman–Crippen MR) is 65.5 cm³/mol. The zero-order chi connectivity index (χ0) is 14.8. The molecule has 0 radical (unpaired) electrons. The second-order valence-electron chi connectivity index (χ2n) is 4.61. The number of alkyl halides is 3. The van der Waals surface area contributed by atoms with Crippen LogP contribution in [0.25, 0.3) is 0 Å². The van der Waals surface area contributed by atoms with Gasteiger partial charge in [0.1, 0.15) is 11.9 Å². The van der Waals surface area contributed by atoms with Crippen molar-refractivity contribution in [3.05, 3.63) is 29.8 Å². The van der Waals surface area contributed by atoms with Crippen LogP contribution in [0.4, 0.5) is 13.2 Å². The van der Waals surface area contributed by atoms with E-state index in [4.69, 9.17) is 9.47 Å². The van der Waals surface area contributed by atoms with Gasteiger partial charge in [-0.05, 0) is 18.6 Å². The molecule has 2 atom stereocenters. The predicted octanol–water partition coefficient (Wildman–Crippen LogP) is 3.22. The van der Waals surface area contributed by atoms with Crippen molar-refractivity contribution in [2.45, 2.75) is 38.1 Å². The largest absolute Gasteiger partial charge is 0.486 e. The maximum atomic E-state index is 12.8. The average molecular weight is 288 g/mol. The van der Waals surface area contributed by atoms with Gasteiger partial charge in [-0.2, -0.15) is 13.2 Å². The Labute approximate surface area is 114 Å². The summed E-state index contributed by atoms with van der Waals surface area (Å²) in [7, 11) is 0. The van der Waals surface area contributed by atoms with Crippen LogP contribution in [-0.4, -0.2) is 24.6 Å². The summed E-state index contributed by atoms with van der Waals surface area (Å²) in [6.07, 6.45) is -5.06. The van der Waals surface area contributed by atoms with Crippen molar-refractivity contribution in [2.24, 2.45) is 0 Å². The first-order chi connectivity index (χ1) is 9.43. The molecule has 2 unspecified atom stereocenters. The molecule has 1 aromatic rings. The molecule has 1 aliphatic carbocycles. The van der Waals surface area contributed by atoms with Crippen molar-refractivity contribution in [3.8, 4) is 5.75 Å². The fourth-order valence-electron chi connectivity index (χ4n) is 1.98. The topological polar surface area (TPSA) is 35.5 Å². The molecule has 0 heterocycles. The lowest BCUT2D eigenvalue weighted by Crippen LogP contribution is -2.52. The second kappa shape index (κ2) is 5.83. The number of carbonyl (C=O) groups excluding carboxylic acids is 1. The quantitative estimate of drug-likeness (QED) is 0.834. The van der Waals surface area contributed by atoms with Gasteiger partial charge >= 0.3 is 6.18 Å². The third kappa shape index (κ3) is 3.12. The maximum absolute atomic E-state index is 12.8. The van der Waals surface area contributed by atoms with E-state index in [9.17, 15) is 18.0 Å². The summed E-state index contributed by atoms with van der Waals surface area (Å²) < 4.78 is 49.1. The van der Waals surface area contributed by atoms with Crippen LogP contribution in [0, 0.1) is 0 Å². The van der Waals surface area contributed by atoms with Crippen LogP contribution in [0.15, 0.2) is 24.3 Å². The normalized spacial score (nSPS) is 22.5. The zero-order valence-electron chi connectivity index (χ0n) is 10.9. The van der Waals surface area contributed by atoms with Gasteiger partial charge in [0, 0.05) is 13.0 Å². The van der Waals surface area contributed by atoms with Crippen LogP contribution in [0.5, 0.6) is 5.75 Å². The van der Waals surface area contributed by atoms with Crippen LogP contribution >= 0.6 is 0 Å². The van der Waals surface area contributed by atoms with Crippen molar-refractivity contribution in [1.29, 1.82) is 0 Å². The van der Waals surface area contributed by atoms with Gasteiger partial charge in [0.25, 0.3) is 0 Å². The summed E-state index contributed by atoms with van der Waals surface area (Å²) in [4.78, 5) is 11.4. The van der Waals surface area contributed by atoms with Crippen molar-refractivity contribution >= 4 is 5.78 Å². The van der Waals surface area contributed by atoms with Gasteiger partial charge in [-0.3, -0.25) is 4.79 Å². The van der Waals surface area contributed by atoms with Gasteiger partial charge in [0.2, 0.25) is 0 Å². The summed E-state index contributed by atoms with van der Waals surface area (Å²) >= 11 is 0. The number of hydrogen-bond acceptors (Lipinski definition) is 3. The third-order valence-corrected chi connectivity index (χ3v) is 3.03. The fourth-order valence-corrected chi connectivity index (χ4v) is 1.98. The third-order valence-electron chi connectivity index (χ3n) is 3.03. The molecule has 0 aromatic heterocycles. The molecule has 0 spiro atoms. The molecule has 0 aliphatic heterocycles. The highest BCUT2D eigenvalue weighted by Gasteiger charge is 2.44. The van der Waals surface area contributed by atoms with Gasteiger partial charge in [-0.1, -0.05) is 19.1 Å². The molecule has 6 heteroatoms. The minimum absolute atomic E-state index is 0.0839. The van der Waals surface area contributed by atoms with Crippen LogP contribution in [0.2, 0.25) is 0 Å². The van der Waals surface area contributed by atoms with E-state index in [1.54, 1.807) is 0 Å². The van der Waals surface area contributed by atoms with Crippen LogP contribution in [0.3, 0.4) is 0 Å². The molecule has 1 fully saturated rings. The molecule has 2 rings (SSSR count). The molecule has 1 aromatic carbocycles. The smallest absolute Gasteiger partial charge is 0.419 e. The lowest BCUT2D eigenvalue weighted by molar-refractivity contribution is -0.156. The molecule has 110 valence electrons. The molecular formula is C14H15F3O3. The monoisotopic (exact) mass is 288 g/mol. The Morgan fingerprint density at radius 2 is 2.00 bits per heavy atom. The number of hydrogen-bond donors (Lipinski definition) is 0. The van der Waals surface area contributed by atoms with Crippen LogP contribution in [0.1, 0.15) is 25.3 Å². The number of ketones is 1. The Bertz CT molecular complexity index is 485. The van der Waals surface area contributed by atoms with E-state index in [1.165, 1.54) is 18.2 Å². The number of Topliss-reactive ketones (excluding diaryl/α,β-unsaturated/α-hetero) is 1. The van der Waals surface area contributed by atoms with Crippen LogP contribution < -0.4 is 4.74 Å². The summed E-state index contributed by atoms with van der Waals surface area (Å²) in [6.45, 7) is 2.27. The fraction of sp³-hybridized carbons (Fsp3) is 0.500. The SMILES string of the molecule is CCCOC1C(=O)CC1Oc1ccccc1C(F)(F)F. The first-order valence-electron chi connectivity index (χ1n) is 6.40. The Hall–Kier alpha value is -1.56. The number of halogens is 3. The molecule has 0 amide bonds. The Morgan fingerprint density at radius 3 is 2.60 bits per heavy atom. The summed E-state index contributed by atoms with van der Waals surface area (Å²) in [6, 6.07) is 4.97. The van der Waals surface area contributed by atoms with E-state index < -0.39 is 23.9 Å². The highest BCUT2D eigenvalue weighted by molar-refractivity contribution is 5.90. The second-order valence-corrected chi connectivity index (χ2v) is 4.61. The minimum Gasteiger partial charge on any atom is -0.486 e. The average Bonchev–Trinajstić information content (AvgIpc) is 2.38. The first kappa shape index (κ1) is 14.8. The minimum atomic E-state index is -4.48. The number of rotatable bonds is 5. The zero-order valence-corrected chi connectivity index (χ0v) is 10.9. The summed E-state index contributed by atoms with van der Waals surface area (Å²) in [5, 5.41) is 0. The van der Waals surface area contributed by atoms with E-state index in [-0.39, 0.29) is 18.0 Å². The molecule has 1 saturated carbocycles. The van der Waals surface area contributed by atoms with E-state index in [1.807, 2.05) is 6.92 Å². The molecule has 3 nitrogen and oxygen atoms in total. The molecule has 0 saturated heterocycles. The van der Waals surface area contributed by atoms with Crippen LogP contribution in [-0.2, 0) is 15.7 Å². The lowest BCUT2D eigenvalue weighted by Gasteiger charge is -2.35. The summed E-state index contributed by atoms with van der Waals surface area (Å²) in [5.74, 6) is -0.393.